The molecule has 2 heteroatoms. The molecule has 0 unspecified atom stereocenters. The van der Waals surface area contributed by atoms with Gasteiger partial charge in [0.2, 0.25) is 0 Å². The Labute approximate surface area is 115 Å². The number of nitrogen functional groups attached to an aromatic ring is 1. The minimum absolute atomic E-state index is 0.776. The number of hydrogen-bond donors (Lipinski definition) is 1. The maximum atomic E-state index is 5.71. The van der Waals surface area contributed by atoms with Gasteiger partial charge in [0.05, 0.1) is 13.2 Å². The quantitative estimate of drug-likeness (QED) is 0.660. The Balaban J connectivity index is 1.52. The largest absolute Gasteiger partial charge is 0.399 e. The van der Waals surface area contributed by atoms with Crippen LogP contribution in [0.1, 0.15) is 24.8 Å². The normalized spacial score (nSPS) is 19.6. The minimum Gasteiger partial charge on any atom is -0.399 e. The molecule has 1 heterocycles. The van der Waals surface area contributed by atoms with Gasteiger partial charge in [0.1, 0.15) is 0 Å². The van der Waals surface area contributed by atoms with Crippen LogP contribution < -0.4 is 5.73 Å². The molecular formula is C17H21NO. The molecule has 1 fully saturated rings. The van der Waals surface area contributed by atoms with Crippen LogP contribution in [-0.4, -0.2) is 13.2 Å². The van der Waals surface area contributed by atoms with Crippen molar-refractivity contribution in [2.75, 3.05) is 18.9 Å². The average Bonchev–Trinajstić information content (AvgIpc) is 2.38. The van der Waals surface area contributed by atoms with Gasteiger partial charge in [0.15, 0.2) is 0 Å². The molecule has 1 aromatic carbocycles. The summed E-state index contributed by atoms with van der Waals surface area (Å²) in [5.74, 6) is 0.776. The van der Waals surface area contributed by atoms with Gasteiger partial charge in [0, 0.05) is 11.6 Å². The Morgan fingerprint density at radius 1 is 1.00 bits per heavy atom. The second-order valence-electron chi connectivity index (χ2n) is 5.66. The van der Waals surface area contributed by atoms with E-state index in [-0.39, 0.29) is 0 Å². The Morgan fingerprint density at radius 3 is 2.26 bits per heavy atom. The highest BCUT2D eigenvalue weighted by atomic mass is 16.5. The number of allylic oxidation sites excluding steroid dienone is 4. The van der Waals surface area contributed by atoms with E-state index in [2.05, 4.69) is 24.3 Å². The van der Waals surface area contributed by atoms with Gasteiger partial charge in [-0.15, -0.1) is 0 Å². The Bertz CT molecular complexity index is 494. The van der Waals surface area contributed by atoms with Crippen molar-refractivity contribution in [3.05, 3.63) is 53.1 Å². The summed E-state index contributed by atoms with van der Waals surface area (Å²) in [6.45, 7) is 1.92. The molecule has 19 heavy (non-hydrogen) atoms. The van der Waals surface area contributed by atoms with Crippen LogP contribution in [0.4, 0.5) is 5.69 Å². The predicted molar refractivity (Wildman–Crippen MR) is 78.9 cm³/mol. The van der Waals surface area contributed by atoms with Crippen molar-refractivity contribution in [3.8, 4) is 0 Å². The lowest BCUT2D eigenvalue weighted by Gasteiger charge is -2.27. The van der Waals surface area contributed by atoms with E-state index >= 15 is 0 Å². The molecular weight excluding hydrogens is 234 g/mol. The number of nitrogens with two attached hydrogens (primary N) is 1. The van der Waals surface area contributed by atoms with E-state index in [1.54, 1.807) is 5.57 Å². The van der Waals surface area contributed by atoms with Crippen molar-refractivity contribution in [1.82, 2.24) is 0 Å². The first-order valence-corrected chi connectivity index (χ1v) is 7.07. The monoisotopic (exact) mass is 255 g/mol. The highest BCUT2D eigenvalue weighted by Gasteiger charge is 2.20. The number of hydrogen-bond acceptors (Lipinski definition) is 2. The van der Waals surface area contributed by atoms with Crippen LogP contribution in [0.2, 0.25) is 0 Å². The molecule has 1 saturated heterocycles. The van der Waals surface area contributed by atoms with E-state index in [4.69, 9.17) is 10.5 Å². The van der Waals surface area contributed by atoms with E-state index in [0.717, 1.165) is 44.1 Å². The summed E-state index contributed by atoms with van der Waals surface area (Å²) in [4.78, 5) is 0. The summed E-state index contributed by atoms with van der Waals surface area (Å²) in [5.41, 5.74) is 11.0. The highest BCUT2D eigenvalue weighted by Crippen LogP contribution is 2.27. The number of anilines is 1. The molecule has 0 radical (unpaired) electrons. The molecule has 0 amide bonds. The molecule has 0 atom stereocenters. The molecule has 1 aromatic rings. The fraction of sp³-hybridized carbons (Fsp3) is 0.412. The zero-order chi connectivity index (χ0) is 13.1. The van der Waals surface area contributed by atoms with E-state index in [9.17, 15) is 0 Å². The van der Waals surface area contributed by atoms with Crippen LogP contribution in [0.25, 0.3) is 0 Å². The third kappa shape index (κ3) is 3.27. The van der Waals surface area contributed by atoms with Crippen LogP contribution in [0.5, 0.6) is 0 Å². The lowest BCUT2D eigenvalue weighted by Crippen LogP contribution is -2.27. The van der Waals surface area contributed by atoms with Crippen LogP contribution in [-0.2, 0) is 11.2 Å². The van der Waals surface area contributed by atoms with E-state index < -0.39 is 0 Å². The van der Waals surface area contributed by atoms with E-state index in [1.807, 2.05) is 12.1 Å². The molecule has 0 bridgehead atoms. The first-order chi connectivity index (χ1) is 9.29. The highest BCUT2D eigenvalue weighted by molar-refractivity contribution is 5.40. The maximum absolute atomic E-state index is 5.71. The Hall–Kier alpha value is -1.54. The average molecular weight is 255 g/mol. The van der Waals surface area contributed by atoms with Gasteiger partial charge in [-0.2, -0.15) is 0 Å². The SMILES string of the molecule is Nc1ccc(CC2=CCC(CC3COC3)=CC2)cc1. The summed E-state index contributed by atoms with van der Waals surface area (Å²) in [7, 11) is 0. The van der Waals surface area contributed by atoms with Gasteiger partial charge < -0.3 is 10.5 Å². The zero-order valence-electron chi connectivity index (χ0n) is 11.3. The van der Waals surface area contributed by atoms with Crippen LogP contribution in [0, 0.1) is 5.92 Å². The van der Waals surface area contributed by atoms with Crippen molar-refractivity contribution in [3.63, 3.8) is 0 Å². The lowest BCUT2D eigenvalue weighted by molar-refractivity contribution is -0.0314. The van der Waals surface area contributed by atoms with Crippen LogP contribution >= 0.6 is 0 Å². The molecule has 0 saturated carbocycles. The number of benzene rings is 1. The molecule has 3 rings (SSSR count). The molecule has 1 aliphatic heterocycles. The summed E-state index contributed by atoms with van der Waals surface area (Å²) in [6, 6.07) is 8.22. The topological polar surface area (TPSA) is 35.2 Å². The second kappa shape index (κ2) is 5.62. The van der Waals surface area contributed by atoms with E-state index in [1.165, 1.54) is 17.6 Å². The summed E-state index contributed by atoms with van der Waals surface area (Å²) in [6.07, 6.45) is 9.34. The van der Waals surface area contributed by atoms with Gasteiger partial charge in [0.25, 0.3) is 0 Å². The van der Waals surface area contributed by atoms with Crippen molar-refractivity contribution in [1.29, 1.82) is 0 Å². The Morgan fingerprint density at radius 2 is 1.68 bits per heavy atom. The lowest BCUT2D eigenvalue weighted by atomic mass is 9.89. The molecule has 2 aliphatic rings. The second-order valence-corrected chi connectivity index (χ2v) is 5.66. The van der Waals surface area contributed by atoms with Gasteiger partial charge in [-0.1, -0.05) is 35.4 Å². The van der Waals surface area contributed by atoms with Crippen LogP contribution in [0.3, 0.4) is 0 Å². The standard InChI is InChI=1S/C17H21NO/c18-17-7-5-15(6-8-17)9-13-1-3-14(4-2-13)10-16-11-19-12-16/h1,4-8,16H,2-3,9-12,18H2. The predicted octanol–water partition coefficient (Wildman–Crippen LogP) is 3.49. The third-order valence-corrected chi connectivity index (χ3v) is 3.97. The first kappa shape index (κ1) is 12.5. The van der Waals surface area contributed by atoms with Gasteiger partial charge >= 0.3 is 0 Å². The summed E-state index contributed by atoms with van der Waals surface area (Å²) < 4.78 is 5.23. The fourth-order valence-electron chi connectivity index (χ4n) is 2.70. The smallest absolute Gasteiger partial charge is 0.0519 e. The molecule has 2 nitrogen and oxygen atoms in total. The summed E-state index contributed by atoms with van der Waals surface area (Å²) >= 11 is 0. The Kier molecular flexibility index (Phi) is 3.69. The maximum Gasteiger partial charge on any atom is 0.0519 e. The van der Waals surface area contributed by atoms with Crippen molar-refractivity contribution in [2.24, 2.45) is 5.92 Å². The van der Waals surface area contributed by atoms with E-state index in [0.29, 0.717) is 0 Å². The van der Waals surface area contributed by atoms with Crippen molar-refractivity contribution in [2.45, 2.75) is 25.7 Å². The molecule has 0 aromatic heterocycles. The van der Waals surface area contributed by atoms with Gasteiger partial charge in [-0.25, -0.2) is 0 Å². The zero-order valence-corrected chi connectivity index (χ0v) is 11.3. The van der Waals surface area contributed by atoms with Gasteiger partial charge in [-0.3, -0.25) is 0 Å². The first-order valence-electron chi connectivity index (χ1n) is 7.07. The van der Waals surface area contributed by atoms with Crippen LogP contribution in [0.15, 0.2) is 47.6 Å². The minimum atomic E-state index is 0.776. The molecule has 0 spiro atoms. The van der Waals surface area contributed by atoms with Gasteiger partial charge in [-0.05, 0) is 43.4 Å². The molecule has 2 N–H and O–H groups in total. The molecule has 1 aliphatic carbocycles. The van der Waals surface area contributed by atoms with Crippen molar-refractivity contribution >= 4 is 5.69 Å². The molecule has 100 valence electrons. The number of rotatable bonds is 4. The third-order valence-electron chi connectivity index (χ3n) is 3.97. The number of ether oxygens (including phenoxy) is 1. The van der Waals surface area contributed by atoms with Crippen molar-refractivity contribution < 1.29 is 4.74 Å². The summed E-state index contributed by atoms with van der Waals surface area (Å²) in [5, 5.41) is 0. The fourth-order valence-corrected chi connectivity index (χ4v) is 2.70.